The molecule has 1 amide bonds. The zero-order chi connectivity index (χ0) is 14.5. The molecule has 0 radical (unpaired) electrons. The molecule has 0 aliphatic heterocycles. The molecule has 1 heterocycles. The summed E-state index contributed by atoms with van der Waals surface area (Å²) >= 11 is 0. The van der Waals surface area contributed by atoms with Crippen molar-refractivity contribution in [1.82, 2.24) is 10.3 Å². The van der Waals surface area contributed by atoms with Crippen LogP contribution in [0.2, 0.25) is 0 Å². The van der Waals surface area contributed by atoms with Crippen LogP contribution in [0.5, 0.6) is 0 Å². The fraction of sp³-hybridized carbons (Fsp3) is 0.462. The Morgan fingerprint density at radius 2 is 2.10 bits per heavy atom. The highest BCUT2D eigenvalue weighted by molar-refractivity contribution is 5.94. The largest absolute Gasteiger partial charge is 0.469 e. The first kappa shape index (κ1) is 18.3. The molecule has 1 rings (SSSR count). The fourth-order valence-electron chi connectivity index (χ4n) is 1.48. The second kappa shape index (κ2) is 7.81. The third-order valence-electron chi connectivity index (χ3n) is 2.72. The SMILES string of the molecule is COC(=O)C(C)(C)CNC(=O)c1ccnc(CN)c1.Cl. The maximum Gasteiger partial charge on any atom is 0.313 e. The molecule has 112 valence electrons. The third-order valence-corrected chi connectivity index (χ3v) is 2.72. The summed E-state index contributed by atoms with van der Waals surface area (Å²) in [5, 5.41) is 2.70. The quantitative estimate of drug-likeness (QED) is 0.788. The lowest BCUT2D eigenvalue weighted by Gasteiger charge is -2.21. The number of ether oxygens (including phenoxy) is 1. The molecule has 0 aromatic carbocycles. The highest BCUT2D eigenvalue weighted by atomic mass is 35.5. The number of amides is 1. The lowest BCUT2D eigenvalue weighted by Crippen LogP contribution is -2.39. The van der Waals surface area contributed by atoms with Gasteiger partial charge in [0.15, 0.2) is 0 Å². The number of pyridine rings is 1. The van der Waals surface area contributed by atoms with Crippen molar-refractivity contribution >= 4 is 24.3 Å². The highest BCUT2D eigenvalue weighted by Crippen LogP contribution is 2.15. The van der Waals surface area contributed by atoms with Crippen molar-refractivity contribution in [2.45, 2.75) is 20.4 Å². The second-order valence-corrected chi connectivity index (χ2v) is 4.80. The molecule has 0 atom stereocenters. The summed E-state index contributed by atoms with van der Waals surface area (Å²) in [4.78, 5) is 27.4. The summed E-state index contributed by atoms with van der Waals surface area (Å²) in [6.45, 7) is 3.88. The molecule has 1 aromatic heterocycles. The normalized spacial score (nSPS) is 10.4. The standard InChI is InChI=1S/C13H19N3O3.ClH/c1-13(2,12(18)19-3)8-16-11(17)9-4-5-15-10(6-9)7-14;/h4-6H,7-8,14H2,1-3H3,(H,16,17);1H. The number of nitrogens with one attached hydrogen (secondary N) is 1. The molecular weight excluding hydrogens is 282 g/mol. The van der Waals surface area contributed by atoms with Crippen LogP contribution in [0.4, 0.5) is 0 Å². The van der Waals surface area contributed by atoms with Crippen molar-refractivity contribution in [3.63, 3.8) is 0 Å². The van der Waals surface area contributed by atoms with E-state index in [9.17, 15) is 9.59 Å². The number of esters is 1. The van der Waals surface area contributed by atoms with Crippen LogP contribution in [-0.2, 0) is 16.1 Å². The van der Waals surface area contributed by atoms with E-state index >= 15 is 0 Å². The Bertz CT molecular complexity index is 478. The van der Waals surface area contributed by atoms with Crippen LogP contribution in [0.1, 0.15) is 29.9 Å². The number of aromatic nitrogens is 1. The van der Waals surface area contributed by atoms with Crippen LogP contribution in [-0.4, -0.2) is 30.5 Å². The van der Waals surface area contributed by atoms with Crippen molar-refractivity contribution in [2.75, 3.05) is 13.7 Å². The van der Waals surface area contributed by atoms with E-state index in [4.69, 9.17) is 5.73 Å². The Morgan fingerprint density at radius 1 is 1.45 bits per heavy atom. The molecule has 0 saturated carbocycles. The number of rotatable bonds is 5. The molecule has 0 aliphatic rings. The molecule has 6 nitrogen and oxygen atoms in total. The number of methoxy groups -OCH3 is 1. The predicted molar refractivity (Wildman–Crippen MR) is 77.5 cm³/mol. The van der Waals surface area contributed by atoms with Gasteiger partial charge in [-0.05, 0) is 26.0 Å². The van der Waals surface area contributed by atoms with Crippen molar-refractivity contribution in [1.29, 1.82) is 0 Å². The molecule has 0 spiro atoms. The average Bonchev–Trinajstić information content (AvgIpc) is 2.43. The molecule has 0 saturated heterocycles. The number of carbonyl (C=O) groups excluding carboxylic acids is 2. The van der Waals surface area contributed by atoms with Gasteiger partial charge in [0.1, 0.15) is 0 Å². The average molecular weight is 302 g/mol. The van der Waals surface area contributed by atoms with Gasteiger partial charge >= 0.3 is 5.97 Å². The Balaban J connectivity index is 0.00000361. The van der Waals surface area contributed by atoms with Crippen LogP contribution in [0.15, 0.2) is 18.3 Å². The second-order valence-electron chi connectivity index (χ2n) is 4.80. The Morgan fingerprint density at radius 3 is 2.65 bits per heavy atom. The van der Waals surface area contributed by atoms with E-state index in [1.54, 1.807) is 26.0 Å². The van der Waals surface area contributed by atoms with Gasteiger partial charge in [-0.15, -0.1) is 12.4 Å². The van der Waals surface area contributed by atoms with E-state index in [0.717, 1.165) is 0 Å². The van der Waals surface area contributed by atoms with E-state index in [1.807, 2.05) is 0 Å². The maximum absolute atomic E-state index is 11.9. The first-order chi connectivity index (χ1) is 8.90. The minimum Gasteiger partial charge on any atom is -0.469 e. The number of hydrogen-bond acceptors (Lipinski definition) is 5. The molecule has 3 N–H and O–H groups in total. The van der Waals surface area contributed by atoms with Gasteiger partial charge < -0.3 is 15.8 Å². The summed E-state index contributed by atoms with van der Waals surface area (Å²) in [6, 6.07) is 3.22. The van der Waals surface area contributed by atoms with Crippen molar-refractivity contribution in [3.05, 3.63) is 29.6 Å². The maximum atomic E-state index is 11.9. The van der Waals surface area contributed by atoms with Crippen molar-refractivity contribution < 1.29 is 14.3 Å². The van der Waals surface area contributed by atoms with E-state index in [1.165, 1.54) is 13.3 Å². The molecule has 7 heteroatoms. The van der Waals surface area contributed by atoms with Gasteiger partial charge in [-0.3, -0.25) is 14.6 Å². The highest BCUT2D eigenvalue weighted by Gasteiger charge is 2.29. The van der Waals surface area contributed by atoms with Gasteiger partial charge in [-0.2, -0.15) is 0 Å². The molecule has 1 aromatic rings. The third kappa shape index (κ3) is 4.79. The van der Waals surface area contributed by atoms with Crippen LogP contribution >= 0.6 is 12.4 Å². The minimum atomic E-state index is -0.770. The smallest absolute Gasteiger partial charge is 0.313 e. The van der Waals surface area contributed by atoms with Gasteiger partial charge in [0.25, 0.3) is 5.91 Å². The van der Waals surface area contributed by atoms with Gasteiger partial charge in [0, 0.05) is 24.8 Å². The first-order valence-corrected chi connectivity index (χ1v) is 5.92. The first-order valence-electron chi connectivity index (χ1n) is 5.92. The summed E-state index contributed by atoms with van der Waals surface area (Å²) < 4.78 is 4.67. The van der Waals surface area contributed by atoms with E-state index < -0.39 is 5.41 Å². The van der Waals surface area contributed by atoms with Gasteiger partial charge in [-0.1, -0.05) is 0 Å². The van der Waals surface area contributed by atoms with Gasteiger partial charge in [-0.25, -0.2) is 0 Å². The zero-order valence-electron chi connectivity index (χ0n) is 11.8. The Labute approximate surface area is 124 Å². The molecule has 20 heavy (non-hydrogen) atoms. The topological polar surface area (TPSA) is 94.3 Å². The summed E-state index contributed by atoms with van der Waals surface area (Å²) in [6.07, 6.45) is 1.53. The Hall–Kier alpha value is -1.66. The Kier molecular flexibility index (Phi) is 7.17. The van der Waals surface area contributed by atoms with Crippen LogP contribution in [0.25, 0.3) is 0 Å². The fourth-order valence-corrected chi connectivity index (χ4v) is 1.48. The monoisotopic (exact) mass is 301 g/mol. The number of carbonyl (C=O) groups is 2. The van der Waals surface area contributed by atoms with Crippen LogP contribution in [0, 0.1) is 5.41 Å². The summed E-state index contributed by atoms with van der Waals surface area (Å²) in [7, 11) is 1.32. The lowest BCUT2D eigenvalue weighted by atomic mass is 9.93. The van der Waals surface area contributed by atoms with Gasteiger partial charge in [0.2, 0.25) is 0 Å². The summed E-state index contributed by atoms with van der Waals surface area (Å²) in [5.41, 5.74) is 5.80. The number of halogens is 1. The summed E-state index contributed by atoms with van der Waals surface area (Å²) in [5.74, 6) is -0.640. The number of nitrogens with two attached hydrogens (primary N) is 1. The number of nitrogens with zero attached hydrogens (tertiary/aromatic N) is 1. The van der Waals surface area contributed by atoms with Crippen molar-refractivity contribution in [2.24, 2.45) is 11.1 Å². The molecular formula is C13H20ClN3O3. The zero-order valence-corrected chi connectivity index (χ0v) is 12.6. The lowest BCUT2D eigenvalue weighted by molar-refractivity contribution is -0.150. The van der Waals surface area contributed by atoms with E-state index in [0.29, 0.717) is 11.3 Å². The molecule has 0 fully saturated rings. The van der Waals surface area contributed by atoms with Crippen molar-refractivity contribution in [3.8, 4) is 0 Å². The molecule has 0 bridgehead atoms. The predicted octanol–water partition coefficient (Wildman–Crippen LogP) is 0.891. The van der Waals surface area contributed by atoms with Gasteiger partial charge in [0.05, 0.1) is 18.2 Å². The van der Waals surface area contributed by atoms with E-state index in [2.05, 4.69) is 15.0 Å². The van der Waals surface area contributed by atoms with Crippen LogP contribution < -0.4 is 11.1 Å². The van der Waals surface area contributed by atoms with E-state index in [-0.39, 0.29) is 37.4 Å². The molecule has 0 unspecified atom stereocenters. The minimum absolute atomic E-state index is 0. The molecule has 0 aliphatic carbocycles. The van der Waals surface area contributed by atoms with Crippen LogP contribution in [0.3, 0.4) is 0 Å². The number of hydrogen-bond donors (Lipinski definition) is 2.